The van der Waals surface area contributed by atoms with Crippen LogP contribution in [0.1, 0.15) is 11.1 Å². The second kappa shape index (κ2) is 4.65. The van der Waals surface area contributed by atoms with Gasteiger partial charge >= 0.3 is 0 Å². The van der Waals surface area contributed by atoms with Crippen LogP contribution in [0, 0.1) is 6.92 Å². The van der Waals surface area contributed by atoms with E-state index < -0.39 is 0 Å². The number of amidine groups is 1. The third-order valence-electron chi connectivity index (χ3n) is 3.16. The molecule has 0 saturated heterocycles. The van der Waals surface area contributed by atoms with Crippen molar-refractivity contribution in [1.82, 2.24) is 5.32 Å². The van der Waals surface area contributed by atoms with Crippen LogP contribution >= 0.6 is 0 Å². The minimum Gasteiger partial charge on any atom is -0.368 e. The zero-order chi connectivity index (χ0) is 12.4. The fraction of sp³-hybridized carbons (Fsp3) is 0.188. The molecule has 0 unspecified atom stereocenters. The van der Waals surface area contributed by atoms with Gasteiger partial charge in [0.05, 0.1) is 6.54 Å². The normalized spacial score (nSPS) is 14.2. The summed E-state index contributed by atoms with van der Waals surface area (Å²) >= 11 is 0. The van der Waals surface area contributed by atoms with Crippen LogP contribution in [0.25, 0.3) is 11.1 Å². The molecule has 1 N–H and O–H groups in total. The number of aryl methyl sites for hydroxylation is 1. The smallest absolute Gasteiger partial charge is 0.128 e. The SMILES string of the molecule is Cc1cccc(-c2cccc(C3=NCCN3)c2)c1. The maximum atomic E-state index is 4.46. The third-order valence-corrected chi connectivity index (χ3v) is 3.16. The highest BCUT2D eigenvalue weighted by Gasteiger charge is 2.08. The molecular formula is C16H16N2. The molecule has 0 aromatic heterocycles. The van der Waals surface area contributed by atoms with Crippen molar-refractivity contribution in [2.45, 2.75) is 6.92 Å². The van der Waals surface area contributed by atoms with Crippen molar-refractivity contribution in [3.05, 3.63) is 59.7 Å². The lowest BCUT2D eigenvalue weighted by Gasteiger charge is -2.07. The van der Waals surface area contributed by atoms with Gasteiger partial charge in [-0.25, -0.2) is 0 Å². The Kier molecular flexibility index (Phi) is 2.85. The maximum Gasteiger partial charge on any atom is 0.128 e. The molecule has 0 fully saturated rings. The largest absolute Gasteiger partial charge is 0.368 e. The highest BCUT2D eigenvalue weighted by atomic mass is 15.1. The van der Waals surface area contributed by atoms with Crippen molar-refractivity contribution in [3.8, 4) is 11.1 Å². The van der Waals surface area contributed by atoms with Gasteiger partial charge < -0.3 is 5.32 Å². The first-order chi connectivity index (χ1) is 8.83. The molecule has 0 atom stereocenters. The topological polar surface area (TPSA) is 24.4 Å². The Morgan fingerprint density at radius 2 is 1.67 bits per heavy atom. The zero-order valence-corrected chi connectivity index (χ0v) is 10.5. The summed E-state index contributed by atoms with van der Waals surface area (Å²) in [7, 11) is 0. The first-order valence-electron chi connectivity index (χ1n) is 6.29. The molecule has 18 heavy (non-hydrogen) atoms. The number of nitrogens with zero attached hydrogens (tertiary/aromatic N) is 1. The number of hydrogen-bond donors (Lipinski definition) is 1. The molecule has 0 radical (unpaired) electrons. The van der Waals surface area contributed by atoms with Crippen molar-refractivity contribution in [1.29, 1.82) is 0 Å². The molecule has 0 saturated carbocycles. The van der Waals surface area contributed by atoms with E-state index in [1.165, 1.54) is 22.3 Å². The lowest BCUT2D eigenvalue weighted by atomic mass is 10.0. The Morgan fingerprint density at radius 1 is 0.944 bits per heavy atom. The standard InChI is InChI=1S/C16H16N2/c1-12-4-2-5-13(10-12)14-6-3-7-15(11-14)16-17-8-9-18-16/h2-7,10-11H,8-9H2,1H3,(H,17,18). The van der Waals surface area contributed by atoms with Gasteiger partial charge in [-0.05, 0) is 24.1 Å². The van der Waals surface area contributed by atoms with Gasteiger partial charge in [-0.15, -0.1) is 0 Å². The molecule has 2 aromatic rings. The van der Waals surface area contributed by atoms with Gasteiger partial charge in [0, 0.05) is 12.1 Å². The predicted octanol–water partition coefficient (Wildman–Crippen LogP) is 3.01. The van der Waals surface area contributed by atoms with Gasteiger partial charge in [0.1, 0.15) is 5.84 Å². The first-order valence-corrected chi connectivity index (χ1v) is 6.29. The van der Waals surface area contributed by atoms with Crippen molar-refractivity contribution in [2.75, 3.05) is 13.1 Å². The summed E-state index contributed by atoms with van der Waals surface area (Å²) in [6, 6.07) is 17.1. The highest BCUT2D eigenvalue weighted by Crippen LogP contribution is 2.21. The van der Waals surface area contributed by atoms with E-state index >= 15 is 0 Å². The summed E-state index contributed by atoms with van der Waals surface area (Å²) in [6.45, 7) is 3.95. The first kappa shape index (κ1) is 11.0. The Balaban J connectivity index is 2.00. The maximum absolute atomic E-state index is 4.46. The van der Waals surface area contributed by atoms with E-state index in [0.29, 0.717) is 0 Å². The summed E-state index contributed by atoms with van der Waals surface area (Å²) in [5, 5.41) is 3.31. The molecule has 3 rings (SSSR count). The molecular weight excluding hydrogens is 220 g/mol. The summed E-state index contributed by atoms with van der Waals surface area (Å²) in [4.78, 5) is 4.46. The molecule has 2 heteroatoms. The number of rotatable bonds is 2. The average Bonchev–Trinajstić information content (AvgIpc) is 2.93. The third kappa shape index (κ3) is 2.14. The number of nitrogens with one attached hydrogen (secondary N) is 1. The fourth-order valence-corrected chi connectivity index (χ4v) is 2.26. The lowest BCUT2D eigenvalue weighted by molar-refractivity contribution is 0.960. The van der Waals surface area contributed by atoms with E-state index in [2.05, 4.69) is 65.8 Å². The predicted molar refractivity (Wildman–Crippen MR) is 76.0 cm³/mol. The van der Waals surface area contributed by atoms with Gasteiger partial charge in [-0.1, -0.05) is 48.0 Å². The van der Waals surface area contributed by atoms with E-state index in [9.17, 15) is 0 Å². The van der Waals surface area contributed by atoms with Crippen LogP contribution in [0.2, 0.25) is 0 Å². The fourth-order valence-electron chi connectivity index (χ4n) is 2.26. The minimum absolute atomic E-state index is 0.879. The minimum atomic E-state index is 0.879. The Morgan fingerprint density at radius 3 is 2.39 bits per heavy atom. The molecule has 0 spiro atoms. The van der Waals surface area contributed by atoms with E-state index in [-0.39, 0.29) is 0 Å². The van der Waals surface area contributed by atoms with Crippen LogP contribution in [0.5, 0.6) is 0 Å². The average molecular weight is 236 g/mol. The summed E-state index contributed by atoms with van der Waals surface area (Å²) in [5.74, 6) is 1.02. The van der Waals surface area contributed by atoms with Crippen molar-refractivity contribution < 1.29 is 0 Å². The second-order valence-corrected chi connectivity index (χ2v) is 4.61. The van der Waals surface area contributed by atoms with Gasteiger partial charge in [0.25, 0.3) is 0 Å². The Bertz CT molecular complexity index is 600. The van der Waals surface area contributed by atoms with Crippen LogP contribution in [0.15, 0.2) is 53.5 Å². The van der Waals surface area contributed by atoms with Crippen LogP contribution in [-0.2, 0) is 0 Å². The van der Waals surface area contributed by atoms with Crippen LogP contribution in [0.4, 0.5) is 0 Å². The van der Waals surface area contributed by atoms with Crippen LogP contribution in [0.3, 0.4) is 0 Å². The molecule has 0 aliphatic carbocycles. The van der Waals surface area contributed by atoms with Gasteiger partial charge in [0.15, 0.2) is 0 Å². The number of aliphatic imine (C=N–C) groups is 1. The summed E-state index contributed by atoms with van der Waals surface area (Å²) < 4.78 is 0. The molecule has 0 amide bonds. The highest BCUT2D eigenvalue weighted by molar-refractivity contribution is 6.00. The molecule has 1 aliphatic rings. The number of benzene rings is 2. The van der Waals surface area contributed by atoms with Crippen molar-refractivity contribution >= 4 is 5.84 Å². The molecule has 0 bridgehead atoms. The van der Waals surface area contributed by atoms with E-state index in [1.54, 1.807) is 0 Å². The lowest BCUT2D eigenvalue weighted by Crippen LogP contribution is -2.19. The quantitative estimate of drug-likeness (QED) is 0.851. The number of hydrogen-bond acceptors (Lipinski definition) is 2. The van der Waals surface area contributed by atoms with E-state index in [4.69, 9.17) is 0 Å². The molecule has 1 heterocycles. The molecule has 1 aliphatic heterocycles. The monoisotopic (exact) mass is 236 g/mol. The van der Waals surface area contributed by atoms with Crippen LogP contribution in [-0.4, -0.2) is 18.9 Å². The van der Waals surface area contributed by atoms with Gasteiger partial charge in [-0.2, -0.15) is 0 Å². The molecule has 2 aromatic carbocycles. The van der Waals surface area contributed by atoms with Crippen molar-refractivity contribution in [3.63, 3.8) is 0 Å². The van der Waals surface area contributed by atoms with Crippen molar-refractivity contribution in [2.24, 2.45) is 4.99 Å². The summed E-state index contributed by atoms with van der Waals surface area (Å²) in [5.41, 5.74) is 4.96. The van der Waals surface area contributed by atoms with E-state index in [0.717, 1.165) is 18.9 Å². The molecule has 90 valence electrons. The second-order valence-electron chi connectivity index (χ2n) is 4.61. The van der Waals surface area contributed by atoms with E-state index in [1.807, 2.05) is 0 Å². The summed E-state index contributed by atoms with van der Waals surface area (Å²) in [6.07, 6.45) is 0. The molecule has 2 nitrogen and oxygen atoms in total. The van der Waals surface area contributed by atoms with Crippen LogP contribution < -0.4 is 5.32 Å². The zero-order valence-electron chi connectivity index (χ0n) is 10.5. The van der Waals surface area contributed by atoms with Gasteiger partial charge in [0.2, 0.25) is 0 Å². The Labute approximate surface area is 107 Å². The van der Waals surface area contributed by atoms with Gasteiger partial charge in [-0.3, -0.25) is 4.99 Å². The Hall–Kier alpha value is -2.09.